The largest absolute Gasteiger partial charge is 0.390 e. The van der Waals surface area contributed by atoms with Gasteiger partial charge in [0, 0.05) is 24.7 Å². The predicted octanol–water partition coefficient (Wildman–Crippen LogP) is 4.89. The van der Waals surface area contributed by atoms with Crippen molar-refractivity contribution < 1.29 is 31.9 Å². The van der Waals surface area contributed by atoms with Crippen LogP contribution < -0.4 is 16.0 Å². The molecule has 3 aromatic rings. The van der Waals surface area contributed by atoms with Gasteiger partial charge in [0.05, 0.1) is 23.1 Å². The fourth-order valence-corrected chi connectivity index (χ4v) is 7.71. The minimum atomic E-state index is -3.85. The summed E-state index contributed by atoms with van der Waals surface area (Å²) in [4.78, 5) is 27.0. The summed E-state index contributed by atoms with van der Waals surface area (Å²) in [5.74, 6) is -3.74. The molecule has 4 N–H and O–H groups in total. The SMILES string of the molecule is CCCC(CCC)S(=O)(=O)C[C@H](NC(=O)c1ccccc1)C(=O)N[C@@H](Cc1cc(F)cc(F)c1)[C@H](O)CNCc1cccc(CC)c1. The van der Waals surface area contributed by atoms with Gasteiger partial charge in [0.15, 0.2) is 9.84 Å². The highest BCUT2D eigenvalue weighted by Crippen LogP contribution is 2.18. The lowest BCUT2D eigenvalue weighted by Gasteiger charge is -2.28. The molecule has 3 atom stereocenters. The normalized spacial score (nSPS) is 13.6. The molecule has 256 valence electrons. The Hall–Kier alpha value is -3.67. The zero-order valence-electron chi connectivity index (χ0n) is 27.3. The van der Waals surface area contributed by atoms with E-state index in [9.17, 15) is 31.9 Å². The first kappa shape index (κ1) is 37.8. The van der Waals surface area contributed by atoms with E-state index < -0.39 is 62.5 Å². The third-order valence-corrected chi connectivity index (χ3v) is 10.3. The molecule has 0 aliphatic heterocycles. The van der Waals surface area contributed by atoms with Crippen molar-refractivity contribution >= 4 is 21.7 Å². The minimum Gasteiger partial charge on any atom is -0.390 e. The van der Waals surface area contributed by atoms with E-state index in [-0.39, 0.29) is 24.1 Å². The van der Waals surface area contributed by atoms with Gasteiger partial charge >= 0.3 is 0 Å². The molecule has 0 fully saturated rings. The lowest BCUT2D eigenvalue weighted by atomic mass is 10.00. The molecule has 0 aliphatic rings. The molecule has 0 radical (unpaired) electrons. The number of nitrogens with one attached hydrogen (secondary N) is 3. The summed E-state index contributed by atoms with van der Waals surface area (Å²) in [7, 11) is -3.85. The Bertz CT molecular complexity index is 1530. The third kappa shape index (κ3) is 12.1. The van der Waals surface area contributed by atoms with Gasteiger partial charge in [0.1, 0.15) is 17.7 Å². The average Bonchev–Trinajstić information content (AvgIpc) is 3.03. The highest BCUT2D eigenvalue weighted by molar-refractivity contribution is 7.92. The Morgan fingerprint density at radius 3 is 2.06 bits per heavy atom. The summed E-state index contributed by atoms with van der Waals surface area (Å²) >= 11 is 0. The molecule has 0 unspecified atom stereocenters. The molecule has 11 heteroatoms. The van der Waals surface area contributed by atoms with Crippen molar-refractivity contribution in [3.05, 3.63) is 107 Å². The number of carbonyl (C=O) groups excluding carboxylic acids is 2. The number of benzene rings is 3. The van der Waals surface area contributed by atoms with Crippen molar-refractivity contribution in [1.82, 2.24) is 16.0 Å². The molecule has 0 aromatic heterocycles. The lowest BCUT2D eigenvalue weighted by Crippen LogP contribution is -2.57. The number of aliphatic hydroxyl groups is 1. The zero-order valence-corrected chi connectivity index (χ0v) is 28.2. The average molecular weight is 672 g/mol. The van der Waals surface area contributed by atoms with Crippen LogP contribution >= 0.6 is 0 Å². The van der Waals surface area contributed by atoms with E-state index in [2.05, 4.69) is 16.0 Å². The van der Waals surface area contributed by atoms with Gasteiger partial charge in [-0.05, 0) is 66.6 Å². The van der Waals surface area contributed by atoms with Gasteiger partial charge in [-0.25, -0.2) is 17.2 Å². The van der Waals surface area contributed by atoms with Crippen LogP contribution in [-0.2, 0) is 34.0 Å². The molecule has 0 bridgehead atoms. The molecular formula is C36H47F2N3O5S. The van der Waals surface area contributed by atoms with Crippen LogP contribution in [0.3, 0.4) is 0 Å². The number of amides is 2. The maximum absolute atomic E-state index is 14.1. The van der Waals surface area contributed by atoms with E-state index in [1.807, 2.05) is 45.0 Å². The number of sulfone groups is 1. The second kappa shape index (κ2) is 18.6. The van der Waals surface area contributed by atoms with E-state index in [4.69, 9.17) is 0 Å². The van der Waals surface area contributed by atoms with Gasteiger partial charge in [-0.15, -0.1) is 0 Å². The van der Waals surface area contributed by atoms with E-state index in [0.717, 1.165) is 35.7 Å². The van der Waals surface area contributed by atoms with Crippen LogP contribution in [0.15, 0.2) is 72.8 Å². The highest BCUT2D eigenvalue weighted by Gasteiger charge is 2.34. The Balaban J connectivity index is 1.87. The van der Waals surface area contributed by atoms with Crippen LogP contribution in [0.2, 0.25) is 0 Å². The van der Waals surface area contributed by atoms with E-state index in [1.54, 1.807) is 30.3 Å². The second-order valence-corrected chi connectivity index (χ2v) is 14.2. The van der Waals surface area contributed by atoms with Gasteiger partial charge in [0.25, 0.3) is 5.91 Å². The predicted molar refractivity (Wildman–Crippen MR) is 181 cm³/mol. The number of hydrogen-bond donors (Lipinski definition) is 4. The summed E-state index contributed by atoms with van der Waals surface area (Å²) < 4.78 is 55.3. The molecule has 0 saturated carbocycles. The van der Waals surface area contributed by atoms with Gasteiger partial charge in [-0.3, -0.25) is 9.59 Å². The number of rotatable bonds is 19. The Kier molecular flexibility index (Phi) is 15.0. The van der Waals surface area contributed by atoms with Crippen molar-refractivity contribution in [1.29, 1.82) is 0 Å². The Morgan fingerprint density at radius 1 is 0.809 bits per heavy atom. The Labute approximate surface area is 277 Å². The molecular weight excluding hydrogens is 624 g/mol. The summed E-state index contributed by atoms with van der Waals surface area (Å²) in [5.41, 5.74) is 2.57. The number of carbonyl (C=O) groups is 2. The quantitative estimate of drug-likeness (QED) is 0.144. The van der Waals surface area contributed by atoms with Gasteiger partial charge in [-0.2, -0.15) is 0 Å². The van der Waals surface area contributed by atoms with Crippen molar-refractivity contribution in [2.75, 3.05) is 12.3 Å². The zero-order chi connectivity index (χ0) is 34.4. The van der Waals surface area contributed by atoms with Crippen LogP contribution in [-0.4, -0.2) is 61.1 Å². The molecule has 0 aliphatic carbocycles. The molecule has 47 heavy (non-hydrogen) atoms. The van der Waals surface area contributed by atoms with E-state index in [0.29, 0.717) is 32.2 Å². The van der Waals surface area contributed by atoms with Gasteiger partial charge in [0.2, 0.25) is 5.91 Å². The lowest BCUT2D eigenvalue weighted by molar-refractivity contribution is -0.124. The van der Waals surface area contributed by atoms with Crippen LogP contribution in [0.4, 0.5) is 8.78 Å². The van der Waals surface area contributed by atoms with E-state index in [1.165, 1.54) is 0 Å². The fraction of sp³-hybridized carbons (Fsp3) is 0.444. The summed E-state index contributed by atoms with van der Waals surface area (Å²) in [6.45, 7) is 6.25. The minimum absolute atomic E-state index is 0.00745. The fourth-order valence-electron chi connectivity index (χ4n) is 5.55. The topological polar surface area (TPSA) is 125 Å². The van der Waals surface area contributed by atoms with Crippen molar-refractivity contribution in [2.24, 2.45) is 0 Å². The smallest absolute Gasteiger partial charge is 0.251 e. The number of aliphatic hydroxyl groups excluding tert-OH is 1. The van der Waals surface area contributed by atoms with Crippen LogP contribution in [0, 0.1) is 11.6 Å². The first-order valence-corrected chi connectivity index (χ1v) is 18.0. The van der Waals surface area contributed by atoms with Crippen LogP contribution in [0.1, 0.15) is 73.5 Å². The molecule has 2 amide bonds. The van der Waals surface area contributed by atoms with Crippen LogP contribution in [0.5, 0.6) is 0 Å². The highest BCUT2D eigenvalue weighted by atomic mass is 32.2. The number of hydrogen-bond acceptors (Lipinski definition) is 6. The molecule has 3 aromatic carbocycles. The van der Waals surface area contributed by atoms with E-state index >= 15 is 0 Å². The van der Waals surface area contributed by atoms with Crippen molar-refractivity contribution in [3.63, 3.8) is 0 Å². The molecule has 8 nitrogen and oxygen atoms in total. The summed E-state index contributed by atoms with van der Waals surface area (Å²) in [6, 6.07) is 16.4. The standard InChI is InChI=1S/C36H47F2N3O5S/c1-4-11-31(12-5-2)47(45,46)24-33(41-35(43)28-15-8-7-9-16-28)36(44)40-32(20-27-18-29(37)21-30(38)19-27)34(42)23-39-22-26-14-10-13-25(6-3)17-26/h7-10,13-19,21,31-34,39,42H,4-6,11-12,20,22-24H2,1-3H3,(H,40,44)(H,41,43)/t32-,33-,34+/m0/s1. The van der Waals surface area contributed by atoms with Crippen molar-refractivity contribution in [2.45, 2.75) is 89.3 Å². The number of halogens is 2. The van der Waals surface area contributed by atoms with Gasteiger partial charge in [-0.1, -0.05) is 76.1 Å². The molecule has 0 saturated heterocycles. The maximum Gasteiger partial charge on any atom is 0.251 e. The molecule has 3 rings (SSSR count). The second-order valence-electron chi connectivity index (χ2n) is 11.9. The molecule has 0 heterocycles. The monoisotopic (exact) mass is 671 g/mol. The Morgan fingerprint density at radius 2 is 1.45 bits per heavy atom. The van der Waals surface area contributed by atoms with Gasteiger partial charge < -0.3 is 21.1 Å². The maximum atomic E-state index is 14.1. The third-order valence-electron chi connectivity index (χ3n) is 8.04. The first-order chi connectivity index (χ1) is 22.4. The van der Waals surface area contributed by atoms with Crippen LogP contribution in [0.25, 0.3) is 0 Å². The first-order valence-electron chi connectivity index (χ1n) is 16.2. The number of aryl methyl sites for hydroxylation is 1. The summed E-state index contributed by atoms with van der Waals surface area (Å²) in [5, 5.41) is 19.0. The summed E-state index contributed by atoms with van der Waals surface area (Å²) in [6.07, 6.45) is 1.55. The van der Waals surface area contributed by atoms with Crippen molar-refractivity contribution in [3.8, 4) is 0 Å². The molecule has 0 spiro atoms.